The third-order valence-electron chi connectivity index (χ3n) is 5.92. The molecule has 1 amide bonds. The molecule has 0 saturated carbocycles. The number of nitrogens with two attached hydrogens (primary N) is 1. The highest BCUT2D eigenvalue weighted by Crippen LogP contribution is 2.37. The average molecular weight is 404 g/mol. The number of hydrogen-bond acceptors (Lipinski definition) is 4. The molecule has 1 aromatic heterocycles. The Morgan fingerprint density at radius 1 is 1.10 bits per heavy atom. The molecule has 1 aliphatic heterocycles. The van der Waals surface area contributed by atoms with Crippen LogP contribution in [0.2, 0.25) is 0 Å². The maximum absolute atomic E-state index is 13.2. The van der Waals surface area contributed by atoms with Crippen molar-refractivity contribution in [3.8, 4) is 11.1 Å². The number of halogens is 1. The molecule has 2 heterocycles. The number of benzene rings is 2. The summed E-state index contributed by atoms with van der Waals surface area (Å²) in [5, 5.41) is 0. The van der Waals surface area contributed by atoms with E-state index >= 15 is 0 Å². The van der Waals surface area contributed by atoms with Crippen LogP contribution in [0.5, 0.6) is 0 Å². The molecule has 2 N–H and O–H groups in total. The molecule has 0 spiro atoms. The van der Waals surface area contributed by atoms with Crippen molar-refractivity contribution in [2.24, 2.45) is 11.1 Å². The van der Waals surface area contributed by atoms with E-state index in [1.165, 1.54) is 18.5 Å². The van der Waals surface area contributed by atoms with Gasteiger partial charge >= 0.3 is 0 Å². The molecule has 5 nitrogen and oxygen atoms in total. The third kappa shape index (κ3) is 4.39. The van der Waals surface area contributed by atoms with E-state index in [0.29, 0.717) is 19.5 Å². The first-order valence-electron chi connectivity index (χ1n) is 10.2. The molecule has 4 rings (SSSR count). The number of amides is 1. The molecule has 1 fully saturated rings. The monoisotopic (exact) mass is 404 g/mol. The molecule has 0 aliphatic carbocycles. The van der Waals surface area contributed by atoms with Gasteiger partial charge in [-0.2, -0.15) is 0 Å². The summed E-state index contributed by atoms with van der Waals surface area (Å²) in [4.78, 5) is 23.2. The Morgan fingerprint density at radius 2 is 1.83 bits per heavy atom. The number of nitrogens with zero attached hydrogens (tertiary/aromatic N) is 3. The summed E-state index contributed by atoms with van der Waals surface area (Å²) in [6, 6.07) is 14.6. The summed E-state index contributed by atoms with van der Waals surface area (Å²) in [6.45, 7) is 2.14. The van der Waals surface area contributed by atoms with Crippen molar-refractivity contribution in [3.63, 3.8) is 0 Å². The maximum Gasteiger partial charge on any atom is 0.225 e. The lowest BCUT2D eigenvalue weighted by Gasteiger charge is -2.41. The Kier molecular flexibility index (Phi) is 5.86. The topological polar surface area (TPSA) is 72.1 Å². The van der Waals surface area contributed by atoms with Gasteiger partial charge in [0.1, 0.15) is 12.1 Å². The van der Waals surface area contributed by atoms with Crippen molar-refractivity contribution in [2.75, 3.05) is 13.1 Å². The predicted molar refractivity (Wildman–Crippen MR) is 114 cm³/mol. The Labute approximate surface area is 175 Å². The zero-order chi connectivity index (χ0) is 21.0. The molecular formula is C24H25FN4O. The van der Waals surface area contributed by atoms with Gasteiger partial charge in [0, 0.05) is 31.0 Å². The van der Waals surface area contributed by atoms with Gasteiger partial charge in [0.25, 0.3) is 0 Å². The van der Waals surface area contributed by atoms with Crippen molar-refractivity contribution in [1.29, 1.82) is 0 Å². The largest absolute Gasteiger partial charge is 0.369 e. The maximum atomic E-state index is 13.2. The molecule has 1 aliphatic rings. The quantitative estimate of drug-likeness (QED) is 0.681. The van der Waals surface area contributed by atoms with Gasteiger partial charge in [0.15, 0.2) is 0 Å². The molecular weight excluding hydrogens is 379 g/mol. The van der Waals surface area contributed by atoms with Gasteiger partial charge in [0.05, 0.1) is 5.41 Å². The van der Waals surface area contributed by atoms with Crippen LogP contribution in [0.3, 0.4) is 0 Å². The van der Waals surface area contributed by atoms with Crippen LogP contribution in [-0.2, 0) is 17.8 Å². The first-order chi connectivity index (χ1) is 14.6. The lowest BCUT2D eigenvalue weighted by Crippen LogP contribution is -2.51. The molecule has 3 aromatic rings. The van der Waals surface area contributed by atoms with Crippen molar-refractivity contribution < 1.29 is 9.18 Å². The Hall–Kier alpha value is -3.12. The Morgan fingerprint density at radius 3 is 2.57 bits per heavy atom. The fourth-order valence-electron chi connectivity index (χ4n) is 4.40. The first-order valence-corrected chi connectivity index (χ1v) is 10.2. The molecule has 1 saturated heterocycles. The lowest BCUT2D eigenvalue weighted by molar-refractivity contribution is -0.131. The van der Waals surface area contributed by atoms with E-state index in [1.54, 1.807) is 24.5 Å². The second kappa shape index (κ2) is 8.71. The molecule has 6 heteroatoms. The van der Waals surface area contributed by atoms with E-state index in [4.69, 9.17) is 5.73 Å². The van der Waals surface area contributed by atoms with Crippen LogP contribution in [0.4, 0.5) is 4.39 Å². The van der Waals surface area contributed by atoms with Gasteiger partial charge in [-0.25, -0.2) is 14.4 Å². The van der Waals surface area contributed by atoms with Gasteiger partial charge < -0.3 is 5.73 Å². The number of hydrogen-bond donors (Lipinski definition) is 1. The average Bonchev–Trinajstić information content (AvgIpc) is 2.76. The minimum atomic E-state index is -0.649. The fourth-order valence-corrected chi connectivity index (χ4v) is 4.40. The van der Waals surface area contributed by atoms with Crippen LogP contribution in [0, 0.1) is 11.2 Å². The minimum Gasteiger partial charge on any atom is -0.369 e. The van der Waals surface area contributed by atoms with Gasteiger partial charge in [-0.3, -0.25) is 9.69 Å². The zero-order valence-corrected chi connectivity index (χ0v) is 16.8. The van der Waals surface area contributed by atoms with E-state index in [-0.39, 0.29) is 11.7 Å². The van der Waals surface area contributed by atoms with E-state index < -0.39 is 5.41 Å². The van der Waals surface area contributed by atoms with Crippen LogP contribution in [-0.4, -0.2) is 33.9 Å². The van der Waals surface area contributed by atoms with E-state index in [1.807, 2.05) is 24.3 Å². The number of carbonyl (C=O) groups excluding carboxylic acids is 1. The third-order valence-corrected chi connectivity index (χ3v) is 5.92. The number of carbonyl (C=O) groups is 1. The summed E-state index contributed by atoms with van der Waals surface area (Å²) in [7, 11) is 0. The van der Waals surface area contributed by atoms with Crippen LogP contribution >= 0.6 is 0 Å². The normalized spacial score (nSPS) is 19.5. The summed E-state index contributed by atoms with van der Waals surface area (Å²) >= 11 is 0. The SMILES string of the molecule is NC(=O)[C@]1(Cc2ccccc2-c2cncnc2)CCCN(Cc2ccc(F)cc2)C1. The van der Waals surface area contributed by atoms with Crippen LogP contribution in [0.1, 0.15) is 24.0 Å². The molecule has 2 aromatic carbocycles. The molecule has 0 radical (unpaired) electrons. The standard InChI is InChI=1S/C24H25FN4O/c25-21-8-6-18(7-9-21)15-29-11-3-10-24(16-29,23(26)30)12-19-4-1-2-5-22(19)20-13-27-17-28-14-20/h1-2,4-9,13-14,17H,3,10-12,15-16H2,(H2,26,30)/t24-/m0/s1. The van der Waals surface area contributed by atoms with Gasteiger partial charge in [-0.1, -0.05) is 36.4 Å². The van der Waals surface area contributed by atoms with Crippen molar-refractivity contribution in [3.05, 3.63) is 84.2 Å². The molecule has 0 unspecified atom stereocenters. The number of aromatic nitrogens is 2. The van der Waals surface area contributed by atoms with Gasteiger partial charge in [-0.15, -0.1) is 0 Å². The number of likely N-dealkylation sites (tertiary alicyclic amines) is 1. The van der Waals surface area contributed by atoms with E-state index in [2.05, 4.69) is 14.9 Å². The first kappa shape index (κ1) is 20.2. The molecule has 1 atom stereocenters. The molecule has 154 valence electrons. The zero-order valence-electron chi connectivity index (χ0n) is 16.8. The highest BCUT2D eigenvalue weighted by molar-refractivity contribution is 5.82. The second-order valence-corrected chi connectivity index (χ2v) is 8.05. The van der Waals surface area contributed by atoms with Crippen molar-refractivity contribution in [2.45, 2.75) is 25.8 Å². The summed E-state index contributed by atoms with van der Waals surface area (Å²) in [5.74, 6) is -0.518. The highest BCUT2D eigenvalue weighted by Gasteiger charge is 2.41. The van der Waals surface area contributed by atoms with Gasteiger partial charge in [0.2, 0.25) is 5.91 Å². The fraction of sp³-hybridized carbons (Fsp3) is 0.292. The van der Waals surface area contributed by atoms with E-state index in [0.717, 1.165) is 41.6 Å². The summed E-state index contributed by atoms with van der Waals surface area (Å²) in [6.07, 6.45) is 7.27. The van der Waals surface area contributed by atoms with Crippen LogP contribution in [0.15, 0.2) is 67.3 Å². The summed E-state index contributed by atoms with van der Waals surface area (Å²) in [5.41, 5.74) is 9.36. The van der Waals surface area contributed by atoms with Crippen LogP contribution < -0.4 is 5.73 Å². The number of rotatable bonds is 6. The Bertz CT molecular complexity index is 1010. The lowest BCUT2D eigenvalue weighted by atomic mass is 9.73. The van der Waals surface area contributed by atoms with Crippen molar-refractivity contribution >= 4 is 5.91 Å². The summed E-state index contributed by atoms with van der Waals surface area (Å²) < 4.78 is 13.2. The molecule has 30 heavy (non-hydrogen) atoms. The smallest absolute Gasteiger partial charge is 0.225 e. The minimum absolute atomic E-state index is 0.245. The van der Waals surface area contributed by atoms with Crippen molar-refractivity contribution in [1.82, 2.24) is 14.9 Å². The van der Waals surface area contributed by atoms with Gasteiger partial charge in [-0.05, 0) is 54.6 Å². The second-order valence-electron chi connectivity index (χ2n) is 8.05. The number of primary amides is 1. The number of piperidine rings is 1. The highest BCUT2D eigenvalue weighted by atomic mass is 19.1. The Balaban J connectivity index is 1.59. The van der Waals surface area contributed by atoms with E-state index in [9.17, 15) is 9.18 Å². The predicted octanol–water partition coefficient (Wildman–Crippen LogP) is 3.59. The molecule has 0 bridgehead atoms. The van der Waals surface area contributed by atoms with Crippen LogP contribution in [0.25, 0.3) is 11.1 Å².